The van der Waals surface area contributed by atoms with Gasteiger partial charge in [-0.25, -0.2) is 0 Å². The number of rotatable bonds is 7. The first-order valence-electron chi connectivity index (χ1n) is 8.25. The molecule has 136 valence electrons. The van der Waals surface area contributed by atoms with Crippen LogP contribution in [0.3, 0.4) is 0 Å². The monoisotopic (exact) mass is 389 g/mol. The molecule has 0 radical (unpaired) electrons. The molecule has 1 N–H and O–H groups in total. The van der Waals surface area contributed by atoms with Gasteiger partial charge in [0.2, 0.25) is 0 Å². The fraction of sp³-hybridized carbons (Fsp3) is 0.263. The van der Waals surface area contributed by atoms with Gasteiger partial charge in [-0.1, -0.05) is 23.7 Å². The van der Waals surface area contributed by atoms with Gasteiger partial charge >= 0.3 is 0 Å². The Hall–Kier alpha value is -2.31. The lowest BCUT2D eigenvalue weighted by molar-refractivity contribution is 0.0956. The first kappa shape index (κ1) is 18.5. The molecule has 0 bridgehead atoms. The lowest BCUT2D eigenvalue weighted by Crippen LogP contribution is -2.26. The van der Waals surface area contributed by atoms with Gasteiger partial charge in [0, 0.05) is 18.3 Å². The molecule has 0 aliphatic heterocycles. The van der Waals surface area contributed by atoms with Gasteiger partial charge in [0.05, 0.1) is 22.6 Å². The van der Waals surface area contributed by atoms with Crippen LogP contribution in [-0.4, -0.2) is 22.2 Å². The molecular formula is C19H20ClN3O2S. The average Bonchev–Trinajstić information content (AvgIpc) is 3.25. The maximum atomic E-state index is 12.2. The molecule has 0 saturated heterocycles. The third kappa shape index (κ3) is 4.86. The number of benzene rings is 1. The van der Waals surface area contributed by atoms with Gasteiger partial charge in [0.15, 0.2) is 0 Å². The van der Waals surface area contributed by atoms with Crippen molar-refractivity contribution in [2.75, 3.05) is 6.54 Å². The second-order valence-electron chi connectivity index (χ2n) is 6.05. The van der Waals surface area contributed by atoms with Crippen molar-refractivity contribution in [3.05, 3.63) is 68.6 Å². The molecule has 1 aromatic carbocycles. The number of halogens is 1. The van der Waals surface area contributed by atoms with Gasteiger partial charge in [-0.05, 0) is 42.5 Å². The summed E-state index contributed by atoms with van der Waals surface area (Å²) in [5.74, 6) is 0.784. The summed E-state index contributed by atoms with van der Waals surface area (Å²) in [6.07, 6.45) is 3.30. The second kappa shape index (κ2) is 8.38. The topological polar surface area (TPSA) is 56.1 Å². The maximum Gasteiger partial charge on any atom is 0.261 e. The Morgan fingerprint density at radius 3 is 2.96 bits per heavy atom. The first-order chi connectivity index (χ1) is 12.5. The van der Waals surface area contributed by atoms with Gasteiger partial charge in [-0.15, -0.1) is 11.3 Å². The summed E-state index contributed by atoms with van der Waals surface area (Å²) in [5, 5.41) is 9.50. The minimum atomic E-state index is -0.0914. The van der Waals surface area contributed by atoms with Gasteiger partial charge in [-0.3, -0.25) is 9.48 Å². The Morgan fingerprint density at radius 2 is 2.19 bits per heavy atom. The Kier molecular flexibility index (Phi) is 5.96. The molecule has 0 aliphatic rings. The zero-order valence-electron chi connectivity index (χ0n) is 14.7. The molecule has 0 saturated carbocycles. The van der Waals surface area contributed by atoms with Crippen molar-refractivity contribution in [2.45, 2.75) is 27.0 Å². The molecule has 3 aromatic rings. The van der Waals surface area contributed by atoms with Crippen LogP contribution in [0, 0.1) is 13.8 Å². The highest BCUT2D eigenvalue weighted by atomic mass is 35.5. The van der Waals surface area contributed by atoms with Crippen molar-refractivity contribution in [1.29, 1.82) is 0 Å². The highest BCUT2D eigenvalue weighted by molar-refractivity contribution is 7.12. The van der Waals surface area contributed by atoms with E-state index in [0.717, 1.165) is 22.4 Å². The maximum absolute atomic E-state index is 12.2. The first-order valence-corrected chi connectivity index (χ1v) is 9.50. The SMILES string of the molecule is Cc1ccc(C)c(OCc2csc(C(=O)NCCn3cc(Cl)cn3)c2)c1. The number of hydrogen-bond acceptors (Lipinski definition) is 4. The zero-order valence-corrected chi connectivity index (χ0v) is 16.2. The number of amides is 1. The Labute approximate surface area is 161 Å². The summed E-state index contributed by atoms with van der Waals surface area (Å²) in [6.45, 7) is 5.57. The number of aromatic nitrogens is 2. The molecule has 1 amide bonds. The van der Waals surface area contributed by atoms with Crippen LogP contribution in [0.25, 0.3) is 0 Å². The minimum Gasteiger partial charge on any atom is -0.489 e. The van der Waals surface area contributed by atoms with E-state index in [4.69, 9.17) is 16.3 Å². The number of carbonyl (C=O) groups is 1. The summed E-state index contributed by atoms with van der Waals surface area (Å²) in [4.78, 5) is 12.9. The van der Waals surface area contributed by atoms with E-state index in [9.17, 15) is 4.79 Å². The van der Waals surface area contributed by atoms with Crippen molar-refractivity contribution >= 4 is 28.8 Å². The number of ether oxygens (including phenoxy) is 1. The number of aryl methyl sites for hydroxylation is 2. The van der Waals surface area contributed by atoms with Crippen LogP contribution in [0.15, 0.2) is 42.0 Å². The molecule has 2 aromatic heterocycles. The van der Waals surface area contributed by atoms with E-state index in [1.807, 2.05) is 37.4 Å². The fourth-order valence-corrected chi connectivity index (χ4v) is 3.40. The largest absolute Gasteiger partial charge is 0.489 e. The van der Waals surface area contributed by atoms with Crippen molar-refractivity contribution in [3.8, 4) is 5.75 Å². The Balaban J connectivity index is 1.50. The van der Waals surface area contributed by atoms with Crippen LogP contribution in [0.2, 0.25) is 5.02 Å². The zero-order chi connectivity index (χ0) is 18.5. The van der Waals surface area contributed by atoms with Crippen molar-refractivity contribution in [3.63, 3.8) is 0 Å². The standard InChI is InChI=1S/C19H20ClN3O2S/c1-13-3-4-14(2)17(7-13)25-11-15-8-18(26-12-15)19(24)21-5-6-23-10-16(20)9-22-23/h3-4,7-10,12H,5-6,11H2,1-2H3,(H,21,24). The molecule has 0 fully saturated rings. The number of nitrogens with zero attached hydrogens (tertiary/aromatic N) is 2. The number of carbonyl (C=O) groups excluding carboxylic acids is 1. The molecule has 26 heavy (non-hydrogen) atoms. The van der Waals surface area contributed by atoms with E-state index in [0.29, 0.717) is 29.6 Å². The molecule has 0 spiro atoms. The lowest BCUT2D eigenvalue weighted by Gasteiger charge is -2.09. The highest BCUT2D eigenvalue weighted by Gasteiger charge is 2.10. The Morgan fingerprint density at radius 1 is 1.35 bits per heavy atom. The van der Waals surface area contributed by atoms with Gasteiger partial charge in [0.25, 0.3) is 5.91 Å². The van der Waals surface area contributed by atoms with E-state index >= 15 is 0 Å². The van der Waals surface area contributed by atoms with Crippen LogP contribution < -0.4 is 10.1 Å². The van der Waals surface area contributed by atoms with E-state index in [1.165, 1.54) is 11.3 Å². The van der Waals surface area contributed by atoms with Crippen molar-refractivity contribution in [1.82, 2.24) is 15.1 Å². The van der Waals surface area contributed by atoms with Crippen molar-refractivity contribution < 1.29 is 9.53 Å². The summed E-state index contributed by atoms with van der Waals surface area (Å²) in [6, 6.07) is 8.00. The third-order valence-electron chi connectivity index (χ3n) is 3.84. The van der Waals surface area contributed by atoms with E-state index in [-0.39, 0.29) is 5.91 Å². The lowest BCUT2D eigenvalue weighted by atomic mass is 10.1. The minimum absolute atomic E-state index is 0.0914. The summed E-state index contributed by atoms with van der Waals surface area (Å²) < 4.78 is 7.58. The third-order valence-corrected chi connectivity index (χ3v) is 5.02. The summed E-state index contributed by atoms with van der Waals surface area (Å²) >= 11 is 7.23. The fourth-order valence-electron chi connectivity index (χ4n) is 2.43. The van der Waals surface area contributed by atoms with E-state index in [1.54, 1.807) is 17.1 Å². The quantitative estimate of drug-likeness (QED) is 0.658. The molecule has 2 heterocycles. The molecule has 3 rings (SSSR count). The number of thiophene rings is 1. The smallest absolute Gasteiger partial charge is 0.261 e. The van der Waals surface area contributed by atoms with Crippen LogP contribution in [0.4, 0.5) is 0 Å². The van der Waals surface area contributed by atoms with Crippen LogP contribution in [0.1, 0.15) is 26.4 Å². The molecule has 0 unspecified atom stereocenters. The summed E-state index contributed by atoms with van der Waals surface area (Å²) in [5.41, 5.74) is 3.25. The van der Waals surface area contributed by atoms with Crippen LogP contribution in [-0.2, 0) is 13.2 Å². The van der Waals surface area contributed by atoms with Crippen LogP contribution >= 0.6 is 22.9 Å². The molecular weight excluding hydrogens is 370 g/mol. The van der Waals surface area contributed by atoms with Gasteiger partial charge in [-0.2, -0.15) is 5.10 Å². The Bertz CT molecular complexity index is 904. The molecule has 5 nitrogen and oxygen atoms in total. The predicted octanol–water partition coefficient (Wildman–Crippen LogP) is 4.22. The van der Waals surface area contributed by atoms with Crippen LogP contribution in [0.5, 0.6) is 5.75 Å². The summed E-state index contributed by atoms with van der Waals surface area (Å²) in [7, 11) is 0. The number of nitrogens with one attached hydrogen (secondary N) is 1. The molecule has 0 aliphatic carbocycles. The normalized spacial score (nSPS) is 10.7. The van der Waals surface area contributed by atoms with Gasteiger partial charge in [0.1, 0.15) is 12.4 Å². The highest BCUT2D eigenvalue weighted by Crippen LogP contribution is 2.22. The average molecular weight is 390 g/mol. The van der Waals surface area contributed by atoms with Crippen molar-refractivity contribution in [2.24, 2.45) is 0 Å². The van der Waals surface area contributed by atoms with E-state index < -0.39 is 0 Å². The van der Waals surface area contributed by atoms with E-state index in [2.05, 4.69) is 16.5 Å². The second-order valence-corrected chi connectivity index (χ2v) is 7.40. The molecule has 7 heteroatoms. The molecule has 0 atom stereocenters. The number of hydrogen-bond donors (Lipinski definition) is 1. The van der Waals surface area contributed by atoms with Gasteiger partial charge < -0.3 is 10.1 Å². The predicted molar refractivity (Wildman–Crippen MR) is 104 cm³/mol.